The standard InChI is InChI=1S/C13H13N3O2/c1-9(2)13-15-12(18-16-13)8-17-11-5-3-4-10(6-11)7-14/h3-6,9H,8H2,1-2H3. The highest BCUT2D eigenvalue weighted by Gasteiger charge is 2.09. The van der Waals surface area contributed by atoms with E-state index in [1.807, 2.05) is 13.8 Å². The van der Waals surface area contributed by atoms with E-state index in [0.717, 1.165) is 0 Å². The molecule has 1 aromatic carbocycles. The molecule has 0 unspecified atom stereocenters. The Morgan fingerprint density at radius 1 is 1.44 bits per heavy atom. The summed E-state index contributed by atoms with van der Waals surface area (Å²) in [7, 11) is 0. The van der Waals surface area contributed by atoms with Gasteiger partial charge in [0.1, 0.15) is 5.75 Å². The molecule has 0 aliphatic rings. The summed E-state index contributed by atoms with van der Waals surface area (Å²) in [6, 6.07) is 8.98. The summed E-state index contributed by atoms with van der Waals surface area (Å²) in [5.41, 5.74) is 0.556. The third kappa shape index (κ3) is 2.86. The van der Waals surface area contributed by atoms with Crippen molar-refractivity contribution in [3.63, 3.8) is 0 Å². The van der Waals surface area contributed by atoms with Crippen LogP contribution < -0.4 is 4.74 Å². The molecule has 0 bridgehead atoms. The lowest BCUT2D eigenvalue weighted by atomic mass is 10.2. The third-order valence-corrected chi connectivity index (χ3v) is 2.33. The van der Waals surface area contributed by atoms with E-state index in [9.17, 15) is 0 Å². The predicted molar refractivity (Wildman–Crippen MR) is 63.9 cm³/mol. The highest BCUT2D eigenvalue weighted by molar-refractivity contribution is 5.36. The Balaban J connectivity index is 2.00. The van der Waals surface area contributed by atoms with E-state index in [-0.39, 0.29) is 12.5 Å². The number of aromatic nitrogens is 2. The Morgan fingerprint density at radius 3 is 2.94 bits per heavy atom. The SMILES string of the molecule is CC(C)c1noc(COc2cccc(C#N)c2)n1. The smallest absolute Gasteiger partial charge is 0.264 e. The zero-order valence-electron chi connectivity index (χ0n) is 10.3. The molecule has 0 fully saturated rings. The van der Waals surface area contributed by atoms with Gasteiger partial charge in [-0.3, -0.25) is 0 Å². The van der Waals surface area contributed by atoms with Crippen LogP contribution in [-0.2, 0) is 6.61 Å². The fraction of sp³-hybridized carbons (Fsp3) is 0.308. The molecular formula is C13H13N3O2. The molecule has 0 spiro atoms. The van der Waals surface area contributed by atoms with Crippen molar-refractivity contribution >= 4 is 0 Å². The van der Waals surface area contributed by atoms with Gasteiger partial charge >= 0.3 is 0 Å². The van der Waals surface area contributed by atoms with Crippen LogP contribution in [-0.4, -0.2) is 10.1 Å². The van der Waals surface area contributed by atoms with Crippen LogP contribution >= 0.6 is 0 Å². The van der Waals surface area contributed by atoms with Gasteiger partial charge in [0.15, 0.2) is 12.4 Å². The van der Waals surface area contributed by atoms with Gasteiger partial charge in [-0.2, -0.15) is 10.2 Å². The first-order valence-electron chi connectivity index (χ1n) is 5.64. The van der Waals surface area contributed by atoms with Crippen LogP contribution in [0.15, 0.2) is 28.8 Å². The lowest BCUT2D eigenvalue weighted by Gasteiger charge is -2.02. The average Bonchev–Trinajstić information content (AvgIpc) is 2.85. The summed E-state index contributed by atoms with van der Waals surface area (Å²) in [5.74, 6) is 1.93. The highest BCUT2D eigenvalue weighted by Crippen LogP contribution is 2.15. The van der Waals surface area contributed by atoms with Crippen LogP contribution in [0.1, 0.15) is 37.0 Å². The fourth-order valence-corrected chi connectivity index (χ4v) is 1.36. The first kappa shape index (κ1) is 12.1. The van der Waals surface area contributed by atoms with Gasteiger partial charge in [-0.15, -0.1) is 0 Å². The van der Waals surface area contributed by atoms with E-state index in [4.69, 9.17) is 14.5 Å². The first-order chi connectivity index (χ1) is 8.69. The summed E-state index contributed by atoms with van der Waals surface area (Å²) >= 11 is 0. The van der Waals surface area contributed by atoms with Crippen LogP contribution in [0.3, 0.4) is 0 Å². The summed E-state index contributed by atoms with van der Waals surface area (Å²) in [6.07, 6.45) is 0. The molecule has 0 saturated carbocycles. The monoisotopic (exact) mass is 243 g/mol. The maximum absolute atomic E-state index is 8.77. The normalized spacial score (nSPS) is 10.3. The lowest BCUT2D eigenvalue weighted by Crippen LogP contribution is -1.97. The fourth-order valence-electron chi connectivity index (χ4n) is 1.36. The molecule has 92 valence electrons. The van der Waals surface area contributed by atoms with Gasteiger partial charge in [0.2, 0.25) is 0 Å². The topological polar surface area (TPSA) is 71.9 Å². The molecule has 0 radical (unpaired) electrons. The summed E-state index contributed by atoms with van der Waals surface area (Å²) < 4.78 is 10.5. The average molecular weight is 243 g/mol. The van der Waals surface area contributed by atoms with Crippen LogP contribution in [0.5, 0.6) is 5.75 Å². The molecule has 5 heteroatoms. The number of ether oxygens (including phenoxy) is 1. The van der Waals surface area contributed by atoms with Crippen LogP contribution in [0.4, 0.5) is 0 Å². The predicted octanol–water partition coefficient (Wildman–Crippen LogP) is 2.64. The van der Waals surface area contributed by atoms with Crippen molar-refractivity contribution in [2.75, 3.05) is 0 Å². The number of benzene rings is 1. The maximum Gasteiger partial charge on any atom is 0.264 e. The number of nitrogens with zero attached hydrogens (tertiary/aromatic N) is 3. The van der Waals surface area contributed by atoms with Crippen molar-refractivity contribution in [3.8, 4) is 11.8 Å². The lowest BCUT2D eigenvalue weighted by molar-refractivity contribution is 0.242. The molecule has 0 amide bonds. The Bertz CT molecular complexity index is 570. The van der Waals surface area contributed by atoms with E-state index in [1.54, 1.807) is 24.3 Å². The molecule has 1 aromatic heterocycles. The van der Waals surface area contributed by atoms with Gasteiger partial charge in [-0.25, -0.2) is 0 Å². The zero-order valence-corrected chi connectivity index (χ0v) is 10.3. The number of nitriles is 1. The Labute approximate surface area is 105 Å². The van der Waals surface area contributed by atoms with Gasteiger partial charge in [-0.1, -0.05) is 25.1 Å². The summed E-state index contributed by atoms with van der Waals surface area (Å²) in [5, 5.41) is 12.6. The van der Waals surface area contributed by atoms with Gasteiger partial charge < -0.3 is 9.26 Å². The number of hydrogen-bond donors (Lipinski definition) is 0. The van der Waals surface area contributed by atoms with Crippen LogP contribution in [0.25, 0.3) is 0 Å². The quantitative estimate of drug-likeness (QED) is 0.825. The molecule has 18 heavy (non-hydrogen) atoms. The molecular weight excluding hydrogens is 230 g/mol. The third-order valence-electron chi connectivity index (χ3n) is 2.33. The van der Waals surface area contributed by atoms with E-state index in [0.29, 0.717) is 23.0 Å². The first-order valence-corrected chi connectivity index (χ1v) is 5.64. The Kier molecular flexibility index (Phi) is 3.58. The minimum absolute atomic E-state index is 0.203. The molecule has 0 aliphatic carbocycles. The molecule has 1 heterocycles. The molecule has 2 rings (SSSR count). The molecule has 0 saturated heterocycles. The van der Waals surface area contributed by atoms with E-state index >= 15 is 0 Å². The second-order valence-electron chi connectivity index (χ2n) is 4.13. The van der Waals surface area contributed by atoms with Crippen LogP contribution in [0.2, 0.25) is 0 Å². The van der Waals surface area contributed by atoms with Gasteiger partial charge in [0, 0.05) is 5.92 Å². The minimum atomic E-state index is 0.203. The molecule has 2 aromatic rings. The molecule has 0 N–H and O–H groups in total. The van der Waals surface area contributed by atoms with Crippen LogP contribution in [0, 0.1) is 11.3 Å². The maximum atomic E-state index is 8.77. The minimum Gasteiger partial charge on any atom is -0.484 e. The van der Waals surface area contributed by atoms with Crippen molar-refractivity contribution in [1.29, 1.82) is 5.26 Å². The number of rotatable bonds is 4. The van der Waals surface area contributed by atoms with E-state index in [2.05, 4.69) is 16.2 Å². The van der Waals surface area contributed by atoms with Crippen molar-refractivity contribution in [1.82, 2.24) is 10.1 Å². The van der Waals surface area contributed by atoms with Crippen molar-refractivity contribution in [3.05, 3.63) is 41.5 Å². The van der Waals surface area contributed by atoms with Gasteiger partial charge in [0.25, 0.3) is 5.89 Å². The summed E-state index contributed by atoms with van der Waals surface area (Å²) in [4.78, 5) is 4.20. The second-order valence-corrected chi connectivity index (χ2v) is 4.13. The van der Waals surface area contributed by atoms with Crippen molar-refractivity contribution in [2.45, 2.75) is 26.4 Å². The van der Waals surface area contributed by atoms with E-state index < -0.39 is 0 Å². The van der Waals surface area contributed by atoms with Gasteiger partial charge in [0.05, 0.1) is 11.6 Å². The Hall–Kier alpha value is -2.35. The van der Waals surface area contributed by atoms with Crippen molar-refractivity contribution < 1.29 is 9.26 Å². The second kappa shape index (κ2) is 5.32. The zero-order chi connectivity index (χ0) is 13.0. The van der Waals surface area contributed by atoms with E-state index in [1.165, 1.54) is 0 Å². The molecule has 0 atom stereocenters. The Morgan fingerprint density at radius 2 is 2.28 bits per heavy atom. The molecule has 0 aliphatic heterocycles. The molecule has 5 nitrogen and oxygen atoms in total. The highest BCUT2D eigenvalue weighted by atomic mass is 16.5. The van der Waals surface area contributed by atoms with Gasteiger partial charge in [-0.05, 0) is 18.2 Å². The largest absolute Gasteiger partial charge is 0.484 e. The number of hydrogen-bond acceptors (Lipinski definition) is 5. The van der Waals surface area contributed by atoms with Crippen molar-refractivity contribution in [2.24, 2.45) is 0 Å². The summed E-state index contributed by atoms with van der Waals surface area (Å²) in [6.45, 7) is 4.19.